The van der Waals surface area contributed by atoms with Gasteiger partial charge < -0.3 is 10.5 Å². The maximum Gasteiger partial charge on any atom is 0.0929 e. The largest absolute Gasteiger partial charge is 0.501 e. The van der Waals surface area contributed by atoms with Gasteiger partial charge in [0.2, 0.25) is 0 Å². The van der Waals surface area contributed by atoms with Crippen molar-refractivity contribution in [3.8, 4) is 0 Å². The van der Waals surface area contributed by atoms with Gasteiger partial charge in [-0.3, -0.25) is 0 Å². The summed E-state index contributed by atoms with van der Waals surface area (Å²) < 4.78 is 5.56. The molecule has 2 N–H and O–H groups in total. The average molecular weight is 199 g/mol. The normalized spacial score (nSPS) is 15.1. The van der Waals surface area contributed by atoms with Crippen LogP contribution >= 0.6 is 0 Å². The van der Waals surface area contributed by atoms with Crippen LogP contribution in [0.15, 0.2) is 11.8 Å². The molecule has 0 aromatic rings. The van der Waals surface area contributed by atoms with E-state index in [-0.39, 0.29) is 5.41 Å². The van der Waals surface area contributed by atoms with Crippen molar-refractivity contribution >= 4 is 0 Å². The van der Waals surface area contributed by atoms with Crippen LogP contribution in [0.3, 0.4) is 0 Å². The van der Waals surface area contributed by atoms with E-state index >= 15 is 0 Å². The monoisotopic (exact) mass is 199 g/mol. The highest BCUT2D eigenvalue weighted by Crippen LogP contribution is 2.30. The molecule has 0 radical (unpaired) electrons. The summed E-state index contributed by atoms with van der Waals surface area (Å²) in [7, 11) is 0. The van der Waals surface area contributed by atoms with Crippen LogP contribution in [0.4, 0.5) is 0 Å². The van der Waals surface area contributed by atoms with Crippen molar-refractivity contribution in [2.45, 2.75) is 41.0 Å². The van der Waals surface area contributed by atoms with Crippen molar-refractivity contribution < 1.29 is 4.74 Å². The molecule has 0 saturated heterocycles. The molecular formula is C12H25NO. The summed E-state index contributed by atoms with van der Waals surface area (Å²) in [6, 6.07) is 0. The van der Waals surface area contributed by atoms with E-state index in [0.717, 1.165) is 19.6 Å². The van der Waals surface area contributed by atoms with Crippen molar-refractivity contribution in [1.82, 2.24) is 0 Å². The fourth-order valence-corrected chi connectivity index (χ4v) is 1.26. The zero-order valence-electron chi connectivity index (χ0n) is 10.3. The van der Waals surface area contributed by atoms with Gasteiger partial charge in [0.1, 0.15) is 0 Å². The van der Waals surface area contributed by atoms with Crippen molar-refractivity contribution in [1.29, 1.82) is 0 Å². The average Bonchev–Trinajstić information content (AvgIpc) is 2.03. The molecule has 0 spiro atoms. The maximum atomic E-state index is 5.61. The summed E-state index contributed by atoms with van der Waals surface area (Å²) in [4.78, 5) is 0. The van der Waals surface area contributed by atoms with Crippen molar-refractivity contribution in [2.24, 2.45) is 17.1 Å². The molecule has 1 atom stereocenters. The molecule has 0 aromatic heterocycles. The summed E-state index contributed by atoms with van der Waals surface area (Å²) in [6.07, 6.45) is 2.85. The Morgan fingerprint density at radius 1 is 1.43 bits per heavy atom. The third kappa shape index (κ3) is 4.66. The van der Waals surface area contributed by atoms with E-state index in [0.29, 0.717) is 5.92 Å². The molecule has 0 amide bonds. The Balaban J connectivity index is 4.16. The lowest BCUT2D eigenvalue weighted by atomic mass is 9.77. The van der Waals surface area contributed by atoms with E-state index in [1.807, 2.05) is 20.1 Å². The molecule has 0 aliphatic carbocycles. The minimum Gasteiger partial charge on any atom is -0.501 e. The van der Waals surface area contributed by atoms with Crippen LogP contribution in [0.25, 0.3) is 0 Å². The quantitative estimate of drug-likeness (QED) is 0.667. The van der Waals surface area contributed by atoms with Gasteiger partial charge >= 0.3 is 0 Å². The minimum atomic E-state index is 0.195. The van der Waals surface area contributed by atoms with Crippen LogP contribution in [0.1, 0.15) is 41.0 Å². The summed E-state index contributed by atoms with van der Waals surface area (Å²) in [5.41, 5.74) is 7.01. The molecule has 14 heavy (non-hydrogen) atoms. The second-order valence-corrected chi connectivity index (χ2v) is 4.85. The predicted molar refractivity (Wildman–Crippen MR) is 62.0 cm³/mol. The van der Waals surface area contributed by atoms with Gasteiger partial charge in [0.05, 0.1) is 12.9 Å². The van der Waals surface area contributed by atoms with E-state index in [2.05, 4.69) is 20.8 Å². The summed E-state index contributed by atoms with van der Waals surface area (Å²) >= 11 is 0. The Kier molecular flexibility index (Phi) is 5.86. The number of nitrogens with two attached hydrogens (primary N) is 1. The smallest absolute Gasteiger partial charge is 0.0929 e. The lowest BCUT2D eigenvalue weighted by Gasteiger charge is -2.32. The molecular weight excluding hydrogens is 174 g/mol. The Morgan fingerprint density at radius 2 is 2.00 bits per heavy atom. The summed E-state index contributed by atoms with van der Waals surface area (Å²) in [5, 5.41) is 0. The Labute approximate surface area is 88.5 Å². The van der Waals surface area contributed by atoms with E-state index in [4.69, 9.17) is 10.5 Å². The Bertz CT molecular complexity index is 183. The van der Waals surface area contributed by atoms with Crippen LogP contribution in [-0.2, 0) is 4.74 Å². The number of hydrogen-bond donors (Lipinski definition) is 1. The van der Waals surface area contributed by atoms with Crippen LogP contribution in [0, 0.1) is 11.3 Å². The Morgan fingerprint density at radius 3 is 2.36 bits per heavy atom. The highest BCUT2D eigenvalue weighted by Gasteiger charge is 2.27. The fraction of sp³-hybridized carbons (Fsp3) is 0.833. The molecule has 0 aromatic carbocycles. The zero-order chi connectivity index (χ0) is 11.2. The minimum absolute atomic E-state index is 0.195. The van der Waals surface area contributed by atoms with E-state index in [1.54, 1.807) is 0 Å². The van der Waals surface area contributed by atoms with E-state index in [1.165, 1.54) is 5.57 Å². The lowest BCUT2D eigenvalue weighted by Crippen LogP contribution is -2.31. The first kappa shape index (κ1) is 13.5. The highest BCUT2D eigenvalue weighted by molar-refractivity contribution is 4.87. The predicted octanol–water partition coefficient (Wildman–Crippen LogP) is 2.94. The molecule has 0 bridgehead atoms. The van der Waals surface area contributed by atoms with Gasteiger partial charge in [0.25, 0.3) is 0 Å². The van der Waals surface area contributed by atoms with Gasteiger partial charge in [-0.25, -0.2) is 0 Å². The number of hydrogen-bond acceptors (Lipinski definition) is 2. The van der Waals surface area contributed by atoms with Gasteiger partial charge in [-0.05, 0) is 38.3 Å². The maximum absolute atomic E-state index is 5.61. The highest BCUT2D eigenvalue weighted by atomic mass is 16.5. The first-order valence-corrected chi connectivity index (χ1v) is 5.37. The third-order valence-corrected chi connectivity index (χ3v) is 2.84. The van der Waals surface area contributed by atoms with Crippen LogP contribution in [0.2, 0.25) is 0 Å². The summed E-state index contributed by atoms with van der Waals surface area (Å²) in [5.74, 6) is 0.594. The molecule has 0 rings (SSSR count). The molecule has 0 aliphatic heterocycles. The van der Waals surface area contributed by atoms with Crippen LogP contribution in [-0.4, -0.2) is 13.2 Å². The standard InChI is InChI=1S/C12H25NO/c1-10(2)8-14-9-12(5,6-7-13)11(3)4/h8,11H,6-7,9,13H2,1-5H3. The number of rotatable bonds is 6. The van der Waals surface area contributed by atoms with Gasteiger partial charge in [-0.2, -0.15) is 0 Å². The van der Waals surface area contributed by atoms with Crippen molar-refractivity contribution in [3.63, 3.8) is 0 Å². The summed E-state index contributed by atoms with van der Waals surface area (Å²) in [6.45, 7) is 12.2. The van der Waals surface area contributed by atoms with E-state index in [9.17, 15) is 0 Å². The van der Waals surface area contributed by atoms with Gasteiger partial charge in [-0.1, -0.05) is 20.8 Å². The second kappa shape index (κ2) is 6.07. The SMILES string of the molecule is CC(C)=COCC(C)(CCN)C(C)C. The molecule has 0 fully saturated rings. The first-order chi connectivity index (χ1) is 6.42. The van der Waals surface area contributed by atoms with Crippen LogP contribution in [0.5, 0.6) is 0 Å². The molecule has 2 nitrogen and oxygen atoms in total. The van der Waals surface area contributed by atoms with Gasteiger partial charge in [0, 0.05) is 5.41 Å². The zero-order valence-corrected chi connectivity index (χ0v) is 10.3. The van der Waals surface area contributed by atoms with Crippen molar-refractivity contribution in [2.75, 3.05) is 13.2 Å². The molecule has 2 heteroatoms. The molecule has 1 unspecified atom stereocenters. The Hall–Kier alpha value is -0.500. The van der Waals surface area contributed by atoms with Crippen LogP contribution < -0.4 is 5.73 Å². The topological polar surface area (TPSA) is 35.2 Å². The number of allylic oxidation sites excluding steroid dienone is 1. The second-order valence-electron chi connectivity index (χ2n) is 4.85. The van der Waals surface area contributed by atoms with Gasteiger partial charge in [-0.15, -0.1) is 0 Å². The third-order valence-electron chi connectivity index (χ3n) is 2.84. The molecule has 0 heterocycles. The fourth-order valence-electron chi connectivity index (χ4n) is 1.26. The molecule has 84 valence electrons. The first-order valence-electron chi connectivity index (χ1n) is 5.37. The lowest BCUT2D eigenvalue weighted by molar-refractivity contribution is 0.0738. The van der Waals surface area contributed by atoms with Crippen molar-refractivity contribution in [3.05, 3.63) is 11.8 Å². The molecule has 0 saturated carbocycles. The van der Waals surface area contributed by atoms with Gasteiger partial charge in [0.15, 0.2) is 0 Å². The van der Waals surface area contributed by atoms with E-state index < -0.39 is 0 Å². The molecule has 0 aliphatic rings. The number of ether oxygens (including phenoxy) is 1.